The van der Waals surface area contributed by atoms with Gasteiger partial charge in [0, 0.05) is 24.0 Å². The Morgan fingerprint density at radius 2 is 1.74 bits per heavy atom. The van der Waals surface area contributed by atoms with Crippen LogP contribution in [0.4, 0.5) is 11.6 Å². The van der Waals surface area contributed by atoms with Crippen molar-refractivity contribution in [1.29, 1.82) is 0 Å². The number of nitrogens with one attached hydrogen (secondary N) is 1. The van der Waals surface area contributed by atoms with Gasteiger partial charge in [0.2, 0.25) is 5.95 Å². The van der Waals surface area contributed by atoms with Crippen molar-refractivity contribution in [3.8, 4) is 12.3 Å². The highest BCUT2D eigenvalue weighted by Crippen LogP contribution is 2.55. The zero-order chi connectivity index (χ0) is 33.4. The number of aliphatic hydroxyl groups is 2. The number of nitrogen functional groups attached to an aromatic ring is 2. The standard InChI is InChI=1S/C25H28N8O12P2/c1-2-10-6-32(21-15(10)12(26)3-4-28-21)24-18(35)20-14(43-24)8-42-47(39,40)44-19-13(5-11(17(19)34)7-41-46(37,38)45-20)33-9-29-16-22(33)30-25(27)31-23(16)36/h1,3-4,6,9,11,13-14,17-20,24,34-35H,5,7-8H2,(H2,26,28)(H,37,38)(H,39,40)(H3,27,30,31,36)/t11-,13-,14-,17?,18+,19-,20?,24-/m1/s1. The second kappa shape index (κ2) is 11.5. The van der Waals surface area contributed by atoms with Crippen molar-refractivity contribution in [2.45, 2.75) is 49.2 Å². The number of aromatic amines is 1. The van der Waals surface area contributed by atoms with E-state index < -0.39 is 83.1 Å². The first kappa shape index (κ1) is 31.9. The van der Waals surface area contributed by atoms with E-state index in [9.17, 15) is 33.9 Å². The molecule has 0 spiro atoms. The second-order valence-corrected chi connectivity index (χ2v) is 14.1. The topological polar surface area (TPSA) is 295 Å². The molecule has 47 heavy (non-hydrogen) atoms. The van der Waals surface area contributed by atoms with Crippen molar-refractivity contribution < 1.29 is 52.0 Å². The van der Waals surface area contributed by atoms with Gasteiger partial charge in [-0.1, -0.05) is 5.92 Å². The maximum Gasteiger partial charge on any atom is 0.472 e. The number of imidazole rings is 1. The van der Waals surface area contributed by atoms with Crippen molar-refractivity contribution in [2.75, 3.05) is 24.7 Å². The van der Waals surface area contributed by atoms with Crippen molar-refractivity contribution in [3.63, 3.8) is 0 Å². The number of aromatic nitrogens is 6. The van der Waals surface area contributed by atoms with Crippen LogP contribution in [0.1, 0.15) is 24.3 Å². The van der Waals surface area contributed by atoms with E-state index in [-0.39, 0.29) is 29.2 Å². The first-order valence-corrected chi connectivity index (χ1v) is 17.0. The summed E-state index contributed by atoms with van der Waals surface area (Å²) in [6.07, 6.45) is 0.447. The SMILES string of the molecule is C#Cc1cn([C@@H]2O[C@@H]3COP(=O)(O)O[C@H]4C(O)[C@@H](COP(=O)(O)OC3[C@@H]2O)C[C@H]4n2cnc3c(=O)[nH]c(N)nc32)c2nccc(N)c12. The van der Waals surface area contributed by atoms with Crippen molar-refractivity contribution in [3.05, 3.63) is 40.7 Å². The molecule has 2 saturated heterocycles. The number of terminal acetylenes is 1. The Morgan fingerprint density at radius 3 is 2.49 bits per heavy atom. The van der Waals surface area contributed by atoms with E-state index in [0.29, 0.717) is 16.6 Å². The number of ether oxygens (including phenoxy) is 1. The molecule has 4 aromatic heterocycles. The zero-order valence-electron chi connectivity index (χ0n) is 24.0. The van der Waals surface area contributed by atoms with Gasteiger partial charge in [0.15, 0.2) is 17.4 Å². The number of fused-ring (bicyclic) bond motifs is 5. The van der Waals surface area contributed by atoms with Crippen LogP contribution in [0.25, 0.3) is 22.2 Å². The Bertz CT molecular complexity index is 2080. The fourth-order valence-corrected chi connectivity index (χ4v) is 8.26. The summed E-state index contributed by atoms with van der Waals surface area (Å²) in [6.45, 7) is -1.40. The summed E-state index contributed by atoms with van der Waals surface area (Å²) in [5.74, 6) is 1.27. The quantitative estimate of drug-likeness (QED) is 0.103. The van der Waals surface area contributed by atoms with Crippen molar-refractivity contribution >= 4 is 49.5 Å². The molecule has 9 N–H and O–H groups in total. The lowest BCUT2D eigenvalue weighted by atomic mass is 10.1. The van der Waals surface area contributed by atoms with Gasteiger partial charge in [-0.15, -0.1) is 6.42 Å². The average molecular weight is 694 g/mol. The van der Waals surface area contributed by atoms with Crippen LogP contribution in [0.15, 0.2) is 29.6 Å². The molecule has 3 aliphatic rings. The van der Waals surface area contributed by atoms with Crippen LogP contribution in [0.2, 0.25) is 0 Å². The zero-order valence-corrected chi connectivity index (χ0v) is 25.8. The average Bonchev–Trinajstić information content (AvgIpc) is 3.75. The van der Waals surface area contributed by atoms with Crippen LogP contribution >= 0.6 is 15.6 Å². The van der Waals surface area contributed by atoms with E-state index in [4.69, 9.17) is 40.7 Å². The van der Waals surface area contributed by atoms with Crippen molar-refractivity contribution in [2.24, 2.45) is 5.92 Å². The molecular weight excluding hydrogens is 666 g/mol. The molecule has 2 aliphatic heterocycles. The molecule has 0 amide bonds. The van der Waals surface area contributed by atoms with Gasteiger partial charge in [0.05, 0.1) is 42.6 Å². The van der Waals surface area contributed by atoms with Crippen LogP contribution in [-0.4, -0.2) is 92.8 Å². The summed E-state index contributed by atoms with van der Waals surface area (Å²) >= 11 is 0. The summed E-state index contributed by atoms with van der Waals surface area (Å²) in [4.78, 5) is 48.6. The summed E-state index contributed by atoms with van der Waals surface area (Å²) in [5.41, 5.74) is 11.9. The second-order valence-electron chi connectivity index (χ2n) is 11.2. The number of pyridine rings is 1. The van der Waals surface area contributed by atoms with Crippen LogP contribution in [0, 0.1) is 18.3 Å². The molecule has 1 saturated carbocycles. The Hall–Kier alpha value is -3.70. The lowest BCUT2D eigenvalue weighted by molar-refractivity contribution is -0.0550. The first-order chi connectivity index (χ1) is 22.3. The smallest absolute Gasteiger partial charge is 0.398 e. The molecular formula is C25H28N8O12P2. The minimum absolute atomic E-state index is 0.00594. The summed E-state index contributed by atoms with van der Waals surface area (Å²) < 4.78 is 56.5. The minimum atomic E-state index is -5.05. The van der Waals surface area contributed by atoms with Crippen LogP contribution in [0.5, 0.6) is 0 Å². The molecule has 250 valence electrons. The van der Waals surface area contributed by atoms with E-state index in [1.807, 2.05) is 0 Å². The predicted octanol–water partition coefficient (Wildman–Crippen LogP) is -0.487. The third kappa shape index (κ3) is 5.55. The molecule has 22 heteroatoms. The highest BCUT2D eigenvalue weighted by molar-refractivity contribution is 7.47. The number of rotatable bonds is 2. The molecule has 4 unspecified atom stereocenters. The number of hydrogen-bond donors (Lipinski definition) is 7. The molecule has 6 heterocycles. The maximum atomic E-state index is 13.3. The van der Waals surface area contributed by atoms with Gasteiger partial charge in [-0.3, -0.25) is 27.9 Å². The Morgan fingerprint density at radius 1 is 1.02 bits per heavy atom. The van der Waals surface area contributed by atoms with Gasteiger partial charge in [-0.2, -0.15) is 4.98 Å². The van der Waals surface area contributed by atoms with Crippen LogP contribution < -0.4 is 17.0 Å². The highest BCUT2D eigenvalue weighted by atomic mass is 31.2. The molecule has 1 aliphatic carbocycles. The number of hydrogen-bond acceptors (Lipinski definition) is 15. The Labute approximate surface area is 263 Å². The number of nitrogens with two attached hydrogens (primary N) is 2. The largest absolute Gasteiger partial charge is 0.472 e. The van der Waals surface area contributed by atoms with Gasteiger partial charge >= 0.3 is 15.6 Å². The van der Waals surface area contributed by atoms with Crippen molar-refractivity contribution in [1.82, 2.24) is 29.1 Å². The van der Waals surface area contributed by atoms with Crippen LogP contribution in [0.3, 0.4) is 0 Å². The maximum absolute atomic E-state index is 13.3. The summed E-state index contributed by atoms with van der Waals surface area (Å²) in [7, 11) is -10.1. The monoisotopic (exact) mass is 694 g/mol. The summed E-state index contributed by atoms with van der Waals surface area (Å²) in [6, 6.07) is 0.525. The fourth-order valence-electron chi connectivity index (χ4n) is 6.28. The van der Waals surface area contributed by atoms with Gasteiger partial charge in [-0.05, 0) is 12.5 Å². The van der Waals surface area contributed by atoms with E-state index in [0.717, 1.165) is 0 Å². The molecule has 20 nitrogen and oxygen atoms in total. The summed E-state index contributed by atoms with van der Waals surface area (Å²) in [5, 5.41) is 22.9. The predicted molar refractivity (Wildman–Crippen MR) is 159 cm³/mol. The van der Waals surface area contributed by atoms with Gasteiger partial charge in [-0.25, -0.2) is 19.1 Å². The van der Waals surface area contributed by atoms with E-state index in [1.54, 1.807) is 0 Å². The fraction of sp³-hybridized carbons (Fsp3) is 0.440. The molecule has 7 rings (SSSR count). The number of aliphatic hydroxyl groups excluding tert-OH is 2. The number of phosphoric acid groups is 2. The van der Waals surface area contributed by atoms with E-state index in [1.165, 1.54) is 33.9 Å². The van der Waals surface area contributed by atoms with E-state index in [2.05, 4.69) is 25.9 Å². The molecule has 4 aromatic rings. The molecule has 2 bridgehead atoms. The normalized spacial score (nSPS) is 36.4. The van der Waals surface area contributed by atoms with Gasteiger partial charge in [0.25, 0.3) is 5.56 Å². The number of phosphoric ester groups is 2. The number of nitrogens with zero attached hydrogens (tertiary/aromatic N) is 5. The lowest BCUT2D eigenvalue weighted by Crippen LogP contribution is -2.36. The molecule has 0 radical (unpaired) electrons. The highest BCUT2D eigenvalue weighted by Gasteiger charge is 2.53. The Kier molecular flexibility index (Phi) is 7.78. The Balaban J connectivity index is 1.22. The molecule has 10 atom stereocenters. The number of H-pyrrole nitrogens is 1. The van der Waals surface area contributed by atoms with Gasteiger partial charge < -0.3 is 45.3 Å². The lowest BCUT2D eigenvalue weighted by Gasteiger charge is -2.26. The van der Waals surface area contributed by atoms with E-state index >= 15 is 0 Å². The molecule has 0 aromatic carbocycles. The van der Waals surface area contributed by atoms with Gasteiger partial charge in [0.1, 0.15) is 30.1 Å². The van der Waals surface area contributed by atoms with Crippen LogP contribution in [-0.2, 0) is 32.0 Å². The third-order valence-electron chi connectivity index (χ3n) is 8.40. The molecule has 3 fully saturated rings. The minimum Gasteiger partial charge on any atom is -0.398 e. The first-order valence-electron chi connectivity index (χ1n) is 14.0. The third-order valence-corrected chi connectivity index (χ3v) is 10.4. The number of anilines is 2.